The smallest absolute Gasteiger partial charge is 0.136 e. The lowest BCUT2D eigenvalue weighted by Crippen LogP contribution is -2.18. The van der Waals surface area contributed by atoms with Crippen LogP contribution in [0.25, 0.3) is 0 Å². The number of anilines is 2. The van der Waals surface area contributed by atoms with Crippen molar-refractivity contribution >= 4 is 11.5 Å². The molecule has 3 heterocycles. The first-order chi connectivity index (χ1) is 10.0. The van der Waals surface area contributed by atoms with Gasteiger partial charge in [-0.05, 0) is 49.9 Å². The van der Waals surface area contributed by atoms with Crippen LogP contribution >= 0.6 is 0 Å². The van der Waals surface area contributed by atoms with Gasteiger partial charge >= 0.3 is 0 Å². The van der Waals surface area contributed by atoms with Crippen molar-refractivity contribution < 1.29 is 0 Å². The van der Waals surface area contributed by atoms with Crippen LogP contribution in [0.3, 0.4) is 0 Å². The van der Waals surface area contributed by atoms with Crippen molar-refractivity contribution in [3.8, 4) is 6.07 Å². The van der Waals surface area contributed by atoms with Crippen molar-refractivity contribution in [3.05, 3.63) is 47.4 Å². The lowest BCUT2D eigenvalue weighted by Gasteiger charge is -2.21. The Balaban J connectivity index is 2.01. The molecule has 4 heteroatoms. The summed E-state index contributed by atoms with van der Waals surface area (Å²) in [6.45, 7) is 6.79. The molecule has 0 radical (unpaired) electrons. The van der Waals surface area contributed by atoms with Gasteiger partial charge < -0.3 is 4.90 Å². The van der Waals surface area contributed by atoms with Gasteiger partial charge in [0.1, 0.15) is 5.82 Å². The number of hydrogen-bond acceptors (Lipinski definition) is 4. The van der Waals surface area contributed by atoms with E-state index in [9.17, 15) is 5.26 Å². The van der Waals surface area contributed by atoms with Crippen LogP contribution in [-0.4, -0.2) is 16.5 Å². The summed E-state index contributed by atoms with van der Waals surface area (Å²) in [5.41, 5.74) is 3.87. The van der Waals surface area contributed by atoms with E-state index >= 15 is 0 Å². The second-order valence-corrected chi connectivity index (χ2v) is 6.07. The van der Waals surface area contributed by atoms with E-state index in [4.69, 9.17) is 0 Å². The minimum absolute atomic E-state index is 0.535. The fourth-order valence-corrected chi connectivity index (χ4v) is 2.62. The van der Waals surface area contributed by atoms with Crippen LogP contribution in [0.2, 0.25) is 0 Å². The van der Waals surface area contributed by atoms with Gasteiger partial charge in [-0.1, -0.05) is 6.07 Å². The van der Waals surface area contributed by atoms with Gasteiger partial charge in [-0.25, -0.2) is 4.98 Å². The molecule has 0 amide bonds. The highest BCUT2D eigenvalue weighted by Crippen LogP contribution is 2.34. The average Bonchev–Trinajstić information content (AvgIpc) is 2.90. The van der Waals surface area contributed by atoms with Crippen LogP contribution in [-0.2, 0) is 11.8 Å². The van der Waals surface area contributed by atoms with Crippen molar-refractivity contribution in [3.63, 3.8) is 0 Å². The summed E-state index contributed by atoms with van der Waals surface area (Å²) < 4.78 is 0. The summed E-state index contributed by atoms with van der Waals surface area (Å²) in [5.74, 6) is 1.01. The molecule has 0 aliphatic carbocycles. The number of aromatic nitrogens is 2. The first kappa shape index (κ1) is 13.6. The van der Waals surface area contributed by atoms with Crippen molar-refractivity contribution in [1.82, 2.24) is 9.97 Å². The molecular formula is C17H18N4. The molecule has 2 aromatic rings. The summed E-state index contributed by atoms with van der Waals surface area (Å²) in [4.78, 5) is 11.1. The highest BCUT2D eigenvalue weighted by Gasteiger charge is 2.25. The van der Waals surface area contributed by atoms with Crippen LogP contribution in [0.15, 0.2) is 30.7 Å². The Labute approximate surface area is 125 Å². The van der Waals surface area contributed by atoms with Gasteiger partial charge in [0.2, 0.25) is 0 Å². The molecule has 21 heavy (non-hydrogen) atoms. The third-order valence-electron chi connectivity index (χ3n) is 3.98. The predicted octanol–water partition coefficient (Wildman–Crippen LogP) is 3.28. The molecule has 0 aromatic carbocycles. The second-order valence-electron chi connectivity index (χ2n) is 6.07. The molecule has 0 atom stereocenters. The van der Waals surface area contributed by atoms with Crippen LogP contribution in [0, 0.1) is 18.3 Å². The molecule has 106 valence electrons. The van der Waals surface area contributed by atoms with Gasteiger partial charge in [-0.2, -0.15) is 5.26 Å². The van der Waals surface area contributed by atoms with E-state index in [-0.39, 0.29) is 0 Å². The minimum Gasteiger partial charge on any atom is -0.324 e. The molecule has 1 aliphatic rings. The Morgan fingerprint density at radius 3 is 2.81 bits per heavy atom. The number of fused-ring (bicyclic) bond motifs is 1. The second kappa shape index (κ2) is 4.85. The van der Waals surface area contributed by atoms with Crippen LogP contribution in [0.4, 0.5) is 11.5 Å². The fraction of sp³-hybridized carbons (Fsp3) is 0.353. The maximum Gasteiger partial charge on any atom is 0.136 e. The summed E-state index contributed by atoms with van der Waals surface area (Å²) in [6, 6.07) is 6.57. The van der Waals surface area contributed by atoms with Gasteiger partial charge in [0, 0.05) is 18.9 Å². The van der Waals surface area contributed by atoms with E-state index < -0.39 is 5.41 Å². The van der Waals surface area contributed by atoms with Crippen molar-refractivity contribution in [2.45, 2.75) is 32.6 Å². The molecular weight excluding hydrogens is 260 g/mol. The molecule has 4 nitrogen and oxygen atoms in total. The summed E-state index contributed by atoms with van der Waals surface area (Å²) >= 11 is 0. The molecule has 3 rings (SSSR count). The number of nitrogens with zero attached hydrogens (tertiary/aromatic N) is 4. The normalized spacial score (nSPS) is 13.9. The third-order valence-corrected chi connectivity index (χ3v) is 3.98. The first-order valence-corrected chi connectivity index (χ1v) is 7.11. The number of rotatable bonds is 2. The highest BCUT2D eigenvalue weighted by atomic mass is 15.2. The monoisotopic (exact) mass is 278 g/mol. The van der Waals surface area contributed by atoms with E-state index in [1.54, 1.807) is 6.20 Å². The third kappa shape index (κ3) is 2.36. The number of nitriles is 1. The zero-order valence-corrected chi connectivity index (χ0v) is 12.6. The molecule has 0 spiro atoms. The number of pyridine rings is 2. The van der Waals surface area contributed by atoms with Gasteiger partial charge in [-0.15, -0.1) is 0 Å². The molecule has 0 N–H and O–H groups in total. The molecule has 0 saturated carbocycles. The molecule has 0 saturated heterocycles. The van der Waals surface area contributed by atoms with Gasteiger partial charge in [0.15, 0.2) is 0 Å². The molecule has 1 aliphatic heterocycles. The Bertz CT molecular complexity index is 728. The maximum atomic E-state index is 9.29. The Hall–Kier alpha value is -2.41. The fourth-order valence-electron chi connectivity index (χ4n) is 2.62. The lowest BCUT2D eigenvalue weighted by atomic mass is 9.87. The van der Waals surface area contributed by atoms with Crippen molar-refractivity contribution in [2.75, 3.05) is 11.4 Å². The van der Waals surface area contributed by atoms with Gasteiger partial charge in [0.05, 0.1) is 23.4 Å². The van der Waals surface area contributed by atoms with Gasteiger partial charge in [0.25, 0.3) is 0 Å². The zero-order chi connectivity index (χ0) is 15.0. The van der Waals surface area contributed by atoms with E-state index in [1.165, 1.54) is 11.1 Å². The zero-order valence-electron chi connectivity index (χ0n) is 12.6. The largest absolute Gasteiger partial charge is 0.324 e. The highest BCUT2D eigenvalue weighted by molar-refractivity contribution is 5.66. The Morgan fingerprint density at radius 1 is 1.24 bits per heavy atom. The SMILES string of the molecule is Cc1cnc2c(c1)CCN2c1cncc(C(C)(C)C#N)c1. The summed E-state index contributed by atoms with van der Waals surface area (Å²) in [5, 5.41) is 9.29. The van der Waals surface area contributed by atoms with Crippen LogP contribution < -0.4 is 4.90 Å². The quantitative estimate of drug-likeness (QED) is 0.846. The van der Waals surface area contributed by atoms with Crippen molar-refractivity contribution in [2.24, 2.45) is 0 Å². The predicted molar refractivity (Wildman–Crippen MR) is 82.6 cm³/mol. The van der Waals surface area contributed by atoms with E-state index in [1.807, 2.05) is 32.3 Å². The minimum atomic E-state index is -0.535. The average molecular weight is 278 g/mol. The topological polar surface area (TPSA) is 52.8 Å². The number of aryl methyl sites for hydroxylation is 1. The van der Waals surface area contributed by atoms with Crippen molar-refractivity contribution in [1.29, 1.82) is 5.26 Å². The van der Waals surface area contributed by atoms with E-state index in [2.05, 4.69) is 33.9 Å². The summed E-state index contributed by atoms with van der Waals surface area (Å²) in [7, 11) is 0. The first-order valence-electron chi connectivity index (χ1n) is 7.11. The van der Waals surface area contributed by atoms with Crippen LogP contribution in [0.5, 0.6) is 0 Å². The molecule has 0 bridgehead atoms. The van der Waals surface area contributed by atoms with Gasteiger partial charge in [-0.3, -0.25) is 4.98 Å². The standard InChI is InChI=1S/C17H18N4/c1-12-6-13-4-5-21(16(13)20-8-12)15-7-14(9-19-10-15)17(2,3)11-18/h6-10H,4-5H2,1-3H3. The number of hydrogen-bond donors (Lipinski definition) is 0. The Morgan fingerprint density at radius 2 is 2.05 bits per heavy atom. The van der Waals surface area contributed by atoms with E-state index in [0.29, 0.717) is 0 Å². The van der Waals surface area contributed by atoms with E-state index in [0.717, 1.165) is 30.0 Å². The Kier molecular flexibility index (Phi) is 3.13. The lowest BCUT2D eigenvalue weighted by molar-refractivity contribution is 0.682. The molecule has 2 aromatic heterocycles. The summed E-state index contributed by atoms with van der Waals surface area (Å²) in [6.07, 6.45) is 6.50. The van der Waals surface area contributed by atoms with Crippen LogP contribution in [0.1, 0.15) is 30.5 Å². The molecule has 0 fully saturated rings. The molecule has 0 unspecified atom stereocenters. The maximum absolute atomic E-state index is 9.29.